The summed E-state index contributed by atoms with van der Waals surface area (Å²) >= 11 is 0. The number of rotatable bonds is 4. The molecule has 1 aromatic heterocycles. The van der Waals surface area contributed by atoms with E-state index < -0.39 is 0 Å². The van der Waals surface area contributed by atoms with Crippen LogP contribution in [0.25, 0.3) is 0 Å². The first-order valence-corrected chi connectivity index (χ1v) is 5.28. The molecule has 0 nitrogen and oxygen atoms in total. The Morgan fingerprint density at radius 1 is 1.31 bits per heavy atom. The fourth-order valence-electron chi connectivity index (χ4n) is 1.92. The summed E-state index contributed by atoms with van der Waals surface area (Å²) < 4.78 is 0. The van der Waals surface area contributed by atoms with Gasteiger partial charge in [-0.3, -0.25) is 0 Å². The molecular formula is C12H19B. The first-order chi connectivity index (χ1) is 6.23. The molecule has 1 atom stereocenters. The van der Waals surface area contributed by atoms with Crippen LogP contribution in [0.3, 0.4) is 0 Å². The maximum atomic E-state index is 2.37. The first kappa shape index (κ1) is 10.5. The van der Waals surface area contributed by atoms with Crippen molar-refractivity contribution in [3.8, 4) is 0 Å². The van der Waals surface area contributed by atoms with Crippen LogP contribution < -0.4 is 0 Å². The van der Waals surface area contributed by atoms with Crippen molar-refractivity contribution in [2.45, 2.75) is 45.4 Å². The van der Waals surface area contributed by atoms with Gasteiger partial charge in [-0.2, -0.15) is 0 Å². The monoisotopic (exact) mass is 174 g/mol. The van der Waals surface area contributed by atoms with Crippen molar-refractivity contribution in [3.05, 3.63) is 29.6 Å². The Balaban J connectivity index is 2.89. The molecule has 0 aliphatic heterocycles. The summed E-state index contributed by atoms with van der Waals surface area (Å²) in [7, 11) is 0. The minimum absolute atomic E-state index is 0.385. The van der Waals surface area contributed by atoms with Gasteiger partial charge in [-0.1, -0.05) is 0 Å². The van der Waals surface area contributed by atoms with E-state index in [1.54, 1.807) is 0 Å². The molecule has 1 heterocycles. The van der Waals surface area contributed by atoms with Crippen LogP contribution in [-0.4, -0.2) is 6.91 Å². The Morgan fingerprint density at radius 3 is 2.54 bits per heavy atom. The van der Waals surface area contributed by atoms with Crippen LogP contribution in [0.2, 0.25) is 0 Å². The summed E-state index contributed by atoms with van der Waals surface area (Å²) in [6.45, 7) is 9.16. The van der Waals surface area contributed by atoms with E-state index in [1.165, 1.54) is 24.7 Å². The van der Waals surface area contributed by atoms with Crippen LogP contribution in [0.15, 0.2) is 24.2 Å². The van der Waals surface area contributed by atoms with Gasteiger partial charge >= 0.3 is 82.0 Å². The summed E-state index contributed by atoms with van der Waals surface area (Å²) in [6.07, 6.45) is 3.78. The van der Waals surface area contributed by atoms with Crippen molar-refractivity contribution in [1.29, 1.82) is 0 Å². The van der Waals surface area contributed by atoms with Crippen molar-refractivity contribution in [1.82, 2.24) is 0 Å². The summed E-state index contributed by atoms with van der Waals surface area (Å²) in [6, 6.07) is 6.48. The first-order valence-electron chi connectivity index (χ1n) is 5.28. The van der Waals surface area contributed by atoms with Gasteiger partial charge in [0.1, 0.15) is 0 Å². The Labute approximate surface area is 82.6 Å². The van der Waals surface area contributed by atoms with Gasteiger partial charge in [0, 0.05) is 0 Å². The third-order valence-corrected chi connectivity index (χ3v) is 3.05. The molecule has 0 aromatic carbocycles. The van der Waals surface area contributed by atoms with Crippen LogP contribution >= 0.6 is 0 Å². The van der Waals surface area contributed by atoms with Crippen molar-refractivity contribution in [2.24, 2.45) is 0 Å². The summed E-state index contributed by atoms with van der Waals surface area (Å²) in [5.74, 6) is 2.14. The number of hydrogen-bond donors (Lipinski definition) is 0. The van der Waals surface area contributed by atoms with E-state index in [4.69, 9.17) is 0 Å². The van der Waals surface area contributed by atoms with E-state index in [2.05, 4.69) is 51.8 Å². The second-order valence-electron chi connectivity index (χ2n) is 4.03. The molecule has 0 fully saturated rings. The predicted molar refractivity (Wildman–Crippen MR) is 60.3 cm³/mol. The molecule has 0 aliphatic carbocycles. The average Bonchev–Trinajstić information content (AvgIpc) is 2.19. The third kappa shape index (κ3) is 2.43. The zero-order valence-electron chi connectivity index (χ0n) is 9.01. The standard InChI is InChI=1S/C12H19B/c1-4-9-12(3,5-2)11-8-6-7-10-13-11/h6-8,10H,4-5,9H2,1-3H3. The van der Waals surface area contributed by atoms with Gasteiger partial charge in [-0.15, -0.1) is 0 Å². The molecule has 1 heteroatoms. The molecule has 70 valence electrons. The van der Waals surface area contributed by atoms with Crippen LogP contribution in [0.1, 0.15) is 45.5 Å². The molecule has 0 spiro atoms. The van der Waals surface area contributed by atoms with Crippen molar-refractivity contribution < 1.29 is 0 Å². The fourth-order valence-corrected chi connectivity index (χ4v) is 1.92. The normalized spacial score (nSPS) is 15.0. The van der Waals surface area contributed by atoms with Gasteiger partial charge in [0.25, 0.3) is 0 Å². The topological polar surface area (TPSA) is 0 Å². The van der Waals surface area contributed by atoms with Gasteiger partial charge in [-0.25, -0.2) is 0 Å². The molecule has 0 N–H and O–H groups in total. The summed E-state index contributed by atoms with van der Waals surface area (Å²) in [5.41, 5.74) is 1.87. The minimum atomic E-state index is 0.385. The van der Waals surface area contributed by atoms with E-state index in [0.29, 0.717) is 5.41 Å². The van der Waals surface area contributed by atoms with E-state index in [9.17, 15) is 0 Å². The SMILES string of the molecule is CCCC(C)(CC)c1bcccc1. The van der Waals surface area contributed by atoms with Crippen LogP contribution in [0.4, 0.5) is 0 Å². The van der Waals surface area contributed by atoms with Crippen LogP contribution in [0.5, 0.6) is 0 Å². The second-order valence-corrected chi connectivity index (χ2v) is 4.03. The van der Waals surface area contributed by atoms with Crippen molar-refractivity contribution in [3.63, 3.8) is 0 Å². The molecular weight excluding hydrogens is 155 g/mol. The Hall–Kier alpha value is -0.585. The molecule has 1 rings (SSSR count). The van der Waals surface area contributed by atoms with Crippen LogP contribution in [-0.2, 0) is 5.41 Å². The quantitative estimate of drug-likeness (QED) is 0.655. The van der Waals surface area contributed by atoms with E-state index >= 15 is 0 Å². The molecule has 0 aliphatic rings. The van der Waals surface area contributed by atoms with Gasteiger partial charge in [0.2, 0.25) is 0 Å². The van der Waals surface area contributed by atoms with Gasteiger partial charge in [-0.05, 0) is 0 Å². The van der Waals surface area contributed by atoms with Crippen molar-refractivity contribution in [2.75, 3.05) is 0 Å². The van der Waals surface area contributed by atoms with E-state index in [1.807, 2.05) is 0 Å². The van der Waals surface area contributed by atoms with E-state index in [-0.39, 0.29) is 0 Å². The number of hydrogen-bond acceptors (Lipinski definition) is 0. The maximum absolute atomic E-state index is 2.37. The summed E-state index contributed by atoms with van der Waals surface area (Å²) in [5, 5.41) is 0. The Bertz CT molecular complexity index is 243. The predicted octanol–water partition coefficient (Wildman–Crippen LogP) is 3.49. The third-order valence-electron chi connectivity index (χ3n) is 3.05. The van der Waals surface area contributed by atoms with Gasteiger partial charge < -0.3 is 0 Å². The molecule has 1 aromatic rings. The molecule has 0 amide bonds. The molecule has 0 bridgehead atoms. The zero-order chi connectivity index (χ0) is 9.73. The van der Waals surface area contributed by atoms with Gasteiger partial charge in [0.15, 0.2) is 0 Å². The molecule has 0 saturated carbocycles. The zero-order valence-corrected chi connectivity index (χ0v) is 9.01. The molecule has 13 heavy (non-hydrogen) atoms. The molecule has 1 unspecified atom stereocenters. The molecule has 0 saturated heterocycles. The van der Waals surface area contributed by atoms with Crippen LogP contribution in [0, 0.1) is 0 Å². The van der Waals surface area contributed by atoms with Gasteiger partial charge in [0.05, 0.1) is 0 Å². The summed E-state index contributed by atoms with van der Waals surface area (Å²) in [4.78, 5) is 0. The van der Waals surface area contributed by atoms with Crippen molar-refractivity contribution >= 4 is 6.91 Å². The second kappa shape index (κ2) is 4.60. The average molecular weight is 174 g/mol. The molecule has 0 radical (unpaired) electrons. The fraction of sp³-hybridized carbons (Fsp3) is 0.583. The Morgan fingerprint density at radius 2 is 2.08 bits per heavy atom. The van der Waals surface area contributed by atoms with E-state index in [0.717, 1.165) is 0 Å². The Kier molecular flexibility index (Phi) is 3.71.